The molecule has 132 valence electrons. The van der Waals surface area contributed by atoms with Crippen LogP contribution in [-0.4, -0.2) is 11.8 Å². The van der Waals surface area contributed by atoms with E-state index < -0.39 is 0 Å². The summed E-state index contributed by atoms with van der Waals surface area (Å²) in [6.45, 7) is 0. The van der Waals surface area contributed by atoms with Crippen molar-refractivity contribution in [3.8, 4) is 0 Å². The number of rotatable bonds is 8. The molecule has 0 bridgehead atoms. The molecule has 0 heterocycles. The third kappa shape index (κ3) is 7.52. The van der Waals surface area contributed by atoms with Gasteiger partial charge in [-0.25, -0.2) is 0 Å². The van der Waals surface area contributed by atoms with Crippen molar-refractivity contribution in [2.45, 2.75) is 64.2 Å². The maximum absolute atomic E-state index is 5.99. The normalized spacial score (nSPS) is 32.6. The van der Waals surface area contributed by atoms with Crippen molar-refractivity contribution in [3.05, 3.63) is 24.7 Å². The fraction of sp³-hybridized carbons (Fsp3) is 0.800. The standard InChI is InChI=1S/C20H32Cl2O/c21-15-19-7-1-5-17(13-19)9-3-11-23-12-4-10-18-6-2-8-20(14-18)16-22/h3-4,11-12,17-20H,1-2,5-10,13-16H2. The molecule has 0 saturated heterocycles. The van der Waals surface area contributed by atoms with E-state index in [1.54, 1.807) is 0 Å². The summed E-state index contributed by atoms with van der Waals surface area (Å²) in [5.74, 6) is 4.71. The molecule has 0 aromatic carbocycles. The van der Waals surface area contributed by atoms with Crippen LogP contribution in [0.15, 0.2) is 24.7 Å². The summed E-state index contributed by atoms with van der Waals surface area (Å²) in [6.07, 6.45) is 20.9. The van der Waals surface area contributed by atoms with Crippen LogP contribution in [0.2, 0.25) is 0 Å². The summed E-state index contributed by atoms with van der Waals surface area (Å²) in [4.78, 5) is 0. The minimum absolute atomic E-state index is 0.733. The second-order valence-electron chi connectivity index (χ2n) is 7.46. The van der Waals surface area contributed by atoms with Gasteiger partial charge in [0.1, 0.15) is 0 Å². The number of ether oxygens (including phenoxy) is 1. The van der Waals surface area contributed by atoms with Gasteiger partial charge in [-0.05, 0) is 74.3 Å². The lowest BCUT2D eigenvalue weighted by atomic mass is 9.81. The maximum atomic E-state index is 5.99. The highest BCUT2D eigenvalue weighted by Crippen LogP contribution is 2.32. The summed E-state index contributed by atoms with van der Waals surface area (Å²) < 4.78 is 5.51. The van der Waals surface area contributed by atoms with Gasteiger partial charge in [0.2, 0.25) is 0 Å². The first-order valence-electron chi connectivity index (χ1n) is 9.39. The molecular formula is C20H32Cl2O. The van der Waals surface area contributed by atoms with Crippen LogP contribution >= 0.6 is 23.2 Å². The van der Waals surface area contributed by atoms with Crippen molar-refractivity contribution in [1.29, 1.82) is 0 Å². The number of hydrogen-bond acceptors (Lipinski definition) is 1. The zero-order valence-corrected chi connectivity index (χ0v) is 15.8. The van der Waals surface area contributed by atoms with E-state index in [-0.39, 0.29) is 0 Å². The van der Waals surface area contributed by atoms with Crippen molar-refractivity contribution in [2.75, 3.05) is 11.8 Å². The average Bonchev–Trinajstić information content (AvgIpc) is 2.61. The Morgan fingerprint density at radius 1 is 0.696 bits per heavy atom. The topological polar surface area (TPSA) is 9.23 Å². The van der Waals surface area contributed by atoms with Gasteiger partial charge in [-0.3, -0.25) is 0 Å². The van der Waals surface area contributed by atoms with E-state index in [9.17, 15) is 0 Å². The Hall–Kier alpha value is -0.140. The molecule has 23 heavy (non-hydrogen) atoms. The van der Waals surface area contributed by atoms with Crippen molar-refractivity contribution in [2.24, 2.45) is 23.7 Å². The predicted molar refractivity (Wildman–Crippen MR) is 101 cm³/mol. The van der Waals surface area contributed by atoms with Gasteiger partial charge in [-0.1, -0.05) is 25.7 Å². The van der Waals surface area contributed by atoms with Crippen molar-refractivity contribution in [1.82, 2.24) is 0 Å². The van der Waals surface area contributed by atoms with E-state index in [0.29, 0.717) is 0 Å². The largest absolute Gasteiger partial charge is 0.473 e. The maximum Gasteiger partial charge on any atom is 0.0861 e. The van der Waals surface area contributed by atoms with E-state index in [1.165, 1.54) is 51.4 Å². The van der Waals surface area contributed by atoms with Crippen molar-refractivity contribution < 1.29 is 4.74 Å². The van der Waals surface area contributed by atoms with E-state index in [2.05, 4.69) is 12.2 Å². The van der Waals surface area contributed by atoms with Gasteiger partial charge in [0.05, 0.1) is 12.5 Å². The molecule has 2 aliphatic carbocycles. The highest BCUT2D eigenvalue weighted by molar-refractivity contribution is 6.18. The lowest BCUT2D eigenvalue weighted by molar-refractivity contribution is 0.283. The Balaban J connectivity index is 1.55. The number of alkyl halides is 2. The summed E-state index contributed by atoms with van der Waals surface area (Å²) in [7, 11) is 0. The zero-order valence-electron chi connectivity index (χ0n) is 14.3. The van der Waals surface area contributed by atoms with Gasteiger partial charge in [0.25, 0.3) is 0 Å². The van der Waals surface area contributed by atoms with Crippen LogP contribution in [-0.2, 0) is 4.74 Å². The van der Waals surface area contributed by atoms with Crippen molar-refractivity contribution in [3.63, 3.8) is 0 Å². The molecule has 2 fully saturated rings. The molecule has 4 atom stereocenters. The molecule has 2 rings (SSSR count). The van der Waals surface area contributed by atoms with Crippen LogP contribution in [0.4, 0.5) is 0 Å². The summed E-state index contributed by atoms with van der Waals surface area (Å²) in [5.41, 5.74) is 0. The second-order valence-corrected chi connectivity index (χ2v) is 8.07. The first-order chi connectivity index (χ1) is 11.3. The summed E-state index contributed by atoms with van der Waals surface area (Å²) in [5, 5.41) is 0. The molecule has 2 saturated carbocycles. The highest BCUT2D eigenvalue weighted by atomic mass is 35.5. The van der Waals surface area contributed by atoms with Gasteiger partial charge in [-0.15, -0.1) is 23.2 Å². The first-order valence-corrected chi connectivity index (χ1v) is 10.5. The smallest absolute Gasteiger partial charge is 0.0861 e. The Morgan fingerprint density at radius 2 is 1.13 bits per heavy atom. The molecule has 4 unspecified atom stereocenters. The number of hydrogen-bond donors (Lipinski definition) is 0. The predicted octanol–water partition coefficient (Wildman–Crippen LogP) is 6.90. The van der Waals surface area contributed by atoms with Gasteiger partial charge in [0, 0.05) is 11.8 Å². The minimum atomic E-state index is 0.733. The molecule has 0 radical (unpaired) electrons. The summed E-state index contributed by atoms with van der Waals surface area (Å²) in [6, 6.07) is 0. The second kappa shape index (κ2) is 11.4. The zero-order chi connectivity index (χ0) is 16.3. The number of halogens is 2. The Labute approximate surface area is 152 Å². The summed E-state index contributed by atoms with van der Waals surface area (Å²) >= 11 is 12.0. The average molecular weight is 359 g/mol. The molecule has 0 aromatic heterocycles. The lowest BCUT2D eigenvalue weighted by Gasteiger charge is -2.26. The molecule has 0 aliphatic heterocycles. The molecular weight excluding hydrogens is 327 g/mol. The van der Waals surface area contributed by atoms with Crippen LogP contribution in [0.5, 0.6) is 0 Å². The van der Waals surface area contributed by atoms with E-state index >= 15 is 0 Å². The third-order valence-corrected chi connectivity index (χ3v) is 6.38. The third-order valence-electron chi connectivity index (χ3n) is 5.51. The molecule has 0 aromatic rings. The Kier molecular flexibility index (Phi) is 9.53. The minimum Gasteiger partial charge on any atom is -0.473 e. The molecule has 0 amide bonds. The van der Waals surface area contributed by atoms with Crippen LogP contribution in [0.1, 0.15) is 64.2 Å². The fourth-order valence-corrected chi connectivity index (χ4v) is 4.73. The van der Waals surface area contributed by atoms with Gasteiger partial charge in [0.15, 0.2) is 0 Å². The SMILES string of the molecule is ClCC1CCCC(CC=COC=CCC2CCCC(CCl)C2)C1. The molecule has 2 aliphatic rings. The fourth-order valence-electron chi connectivity index (χ4n) is 4.17. The molecule has 1 nitrogen and oxygen atoms in total. The molecule has 0 N–H and O–H groups in total. The Morgan fingerprint density at radius 3 is 1.57 bits per heavy atom. The van der Waals surface area contributed by atoms with Crippen LogP contribution < -0.4 is 0 Å². The van der Waals surface area contributed by atoms with E-state index in [1.807, 2.05) is 12.5 Å². The van der Waals surface area contributed by atoms with Crippen LogP contribution in [0.3, 0.4) is 0 Å². The Bertz CT molecular complexity index is 333. The van der Waals surface area contributed by atoms with E-state index in [0.717, 1.165) is 48.3 Å². The van der Waals surface area contributed by atoms with Gasteiger partial charge < -0.3 is 4.74 Å². The first kappa shape index (κ1) is 19.2. The highest BCUT2D eigenvalue weighted by Gasteiger charge is 2.21. The monoisotopic (exact) mass is 358 g/mol. The van der Waals surface area contributed by atoms with Crippen LogP contribution in [0, 0.1) is 23.7 Å². The molecule has 3 heteroatoms. The number of allylic oxidation sites excluding steroid dienone is 2. The van der Waals surface area contributed by atoms with E-state index in [4.69, 9.17) is 27.9 Å². The lowest BCUT2D eigenvalue weighted by Crippen LogP contribution is -2.16. The van der Waals surface area contributed by atoms with Crippen molar-refractivity contribution >= 4 is 23.2 Å². The van der Waals surface area contributed by atoms with Crippen LogP contribution in [0.25, 0.3) is 0 Å². The van der Waals surface area contributed by atoms with Gasteiger partial charge >= 0.3 is 0 Å². The quantitative estimate of drug-likeness (QED) is 0.338. The van der Waals surface area contributed by atoms with Gasteiger partial charge in [-0.2, -0.15) is 0 Å². The molecule has 0 spiro atoms.